The molecule has 2 aliphatic rings. The van der Waals surface area contributed by atoms with Crippen LogP contribution < -0.4 is 25.5 Å². The topological polar surface area (TPSA) is 201 Å². The number of aromatic nitrogens is 2. The predicted molar refractivity (Wildman–Crippen MR) is 139 cm³/mol. The first-order valence-corrected chi connectivity index (χ1v) is 14.1. The van der Waals surface area contributed by atoms with E-state index in [1.54, 1.807) is 29.6 Å². The van der Waals surface area contributed by atoms with Gasteiger partial charge >= 0.3 is 17.9 Å². The number of aliphatic carboxylic acids is 1. The number of thiophene rings is 1. The van der Waals surface area contributed by atoms with Gasteiger partial charge in [-0.25, -0.2) is 9.59 Å². The molecule has 4 N–H and O–H groups in total. The van der Waals surface area contributed by atoms with E-state index in [1.807, 2.05) is 0 Å². The zero-order valence-corrected chi connectivity index (χ0v) is 22.6. The molecule has 0 aromatic carbocycles. The number of nitriles is 1. The second kappa shape index (κ2) is 12.2. The van der Waals surface area contributed by atoms with Crippen molar-refractivity contribution >= 4 is 58.7 Å². The molecule has 17 heteroatoms. The minimum absolute atomic E-state index is 0.0134. The highest BCUT2D eigenvalue weighted by Crippen LogP contribution is 2.41. The summed E-state index contributed by atoms with van der Waals surface area (Å²) < 4.78 is 4.88. The number of thioether (sulfide) groups is 2. The summed E-state index contributed by atoms with van der Waals surface area (Å²) in [4.78, 5) is 52.4. The summed E-state index contributed by atoms with van der Waals surface area (Å²) >= 11 is 3.65. The Morgan fingerprint density at radius 1 is 1.41 bits per heavy atom. The number of nitrogens with zero attached hydrogens (tertiary/aromatic N) is 4. The second-order valence-electron chi connectivity index (χ2n) is 7.96. The number of urea groups is 1. The molecule has 0 spiro atoms. The molecule has 4 heterocycles. The van der Waals surface area contributed by atoms with Gasteiger partial charge in [-0.2, -0.15) is 5.26 Å². The van der Waals surface area contributed by atoms with Gasteiger partial charge in [-0.3, -0.25) is 14.5 Å². The lowest BCUT2D eigenvalue weighted by Crippen LogP contribution is -2.71. The summed E-state index contributed by atoms with van der Waals surface area (Å²) in [5, 5.41) is 43.0. The van der Waals surface area contributed by atoms with Crippen LogP contribution in [0.1, 0.15) is 10.9 Å². The van der Waals surface area contributed by atoms with Crippen LogP contribution in [0.2, 0.25) is 0 Å². The number of hydrogen-bond acceptors (Lipinski definition) is 11. The van der Waals surface area contributed by atoms with Crippen LogP contribution in [0.3, 0.4) is 0 Å². The monoisotopic (exact) mass is 591 g/mol. The van der Waals surface area contributed by atoms with Crippen molar-refractivity contribution in [3.05, 3.63) is 51.0 Å². The summed E-state index contributed by atoms with van der Waals surface area (Å²) in [7, 11) is 1.34. The highest BCUT2D eigenvalue weighted by atomic mass is 32.2. The van der Waals surface area contributed by atoms with Crippen molar-refractivity contribution in [3.63, 3.8) is 0 Å². The number of carboxylic acid groups (broad SMARTS) is 1. The second-order valence-corrected chi connectivity index (χ2v) is 11.0. The Balaban J connectivity index is 1.46. The van der Waals surface area contributed by atoms with E-state index in [4.69, 9.17) is 10.00 Å². The molecule has 0 saturated carbocycles. The van der Waals surface area contributed by atoms with Crippen LogP contribution in [-0.2, 0) is 14.4 Å². The first-order chi connectivity index (χ1) is 18.7. The maximum absolute atomic E-state index is 13.1. The van der Waals surface area contributed by atoms with E-state index in [9.17, 15) is 29.5 Å². The van der Waals surface area contributed by atoms with Crippen molar-refractivity contribution < 1.29 is 33.9 Å². The van der Waals surface area contributed by atoms with Crippen LogP contribution in [0.25, 0.3) is 0 Å². The minimum Gasteiger partial charge on any atom is -0.591 e. The van der Waals surface area contributed by atoms with Crippen LogP contribution in [0.15, 0.2) is 45.9 Å². The lowest BCUT2D eigenvalue weighted by molar-refractivity contribution is -0.678. The first kappa shape index (κ1) is 28.0. The van der Waals surface area contributed by atoms with Crippen molar-refractivity contribution in [2.75, 3.05) is 25.2 Å². The van der Waals surface area contributed by atoms with Crippen molar-refractivity contribution in [2.24, 2.45) is 0 Å². The number of carbonyl (C=O) groups is 4. The molecule has 2 aliphatic heterocycles. The van der Waals surface area contributed by atoms with Gasteiger partial charge in [0.2, 0.25) is 5.91 Å². The van der Waals surface area contributed by atoms with Crippen LogP contribution >= 0.6 is 34.9 Å². The van der Waals surface area contributed by atoms with Crippen LogP contribution in [0, 0.1) is 16.5 Å². The molecule has 204 valence electrons. The SMILES string of the molecule is COc1ccc(SCC2=C(C(=O)O)N3C(=O)[C@@H](NC(=O)C(NC(=O)NCC#N)c4cccs4)C3SC2)n[n+]1[O-]. The number of hydrogen-bond donors (Lipinski definition) is 4. The van der Waals surface area contributed by atoms with E-state index in [0.717, 1.165) is 16.7 Å². The van der Waals surface area contributed by atoms with E-state index >= 15 is 0 Å². The summed E-state index contributed by atoms with van der Waals surface area (Å²) in [5.74, 6) is -2.08. The summed E-state index contributed by atoms with van der Waals surface area (Å²) in [5.41, 5.74) is 0.295. The van der Waals surface area contributed by atoms with Crippen molar-refractivity contribution in [1.29, 1.82) is 5.26 Å². The Morgan fingerprint density at radius 3 is 2.85 bits per heavy atom. The maximum atomic E-state index is 13.1. The molecular weight excluding hydrogens is 570 g/mol. The number of carbonyl (C=O) groups excluding carboxylic acids is 3. The lowest BCUT2D eigenvalue weighted by Gasteiger charge is -2.49. The minimum atomic E-state index is -1.29. The predicted octanol–water partition coefficient (Wildman–Crippen LogP) is 0.180. The summed E-state index contributed by atoms with van der Waals surface area (Å²) in [6.45, 7) is -0.254. The molecule has 4 rings (SSSR count). The van der Waals surface area contributed by atoms with Gasteiger partial charge in [-0.1, -0.05) is 17.8 Å². The largest absolute Gasteiger partial charge is 0.591 e. The summed E-state index contributed by atoms with van der Waals surface area (Å²) in [6.07, 6.45) is 0. The Hall–Kier alpha value is -4.01. The molecule has 4 amide bonds. The van der Waals surface area contributed by atoms with Gasteiger partial charge in [0, 0.05) is 21.5 Å². The van der Waals surface area contributed by atoms with E-state index in [0.29, 0.717) is 20.3 Å². The number of nitrogens with one attached hydrogen (secondary N) is 3. The van der Waals surface area contributed by atoms with E-state index in [-0.39, 0.29) is 29.6 Å². The van der Waals surface area contributed by atoms with Gasteiger partial charge < -0.3 is 31.0 Å². The van der Waals surface area contributed by atoms with Gasteiger partial charge in [0.05, 0.1) is 19.2 Å². The molecule has 1 fully saturated rings. The number of carboxylic acids is 1. The average molecular weight is 592 g/mol. The van der Waals surface area contributed by atoms with E-state index in [2.05, 4.69) is 21.0 Å². The summed E-state index contributed by atoms with van der Waals surface area (Å²) in [6, 6.07) is 5.26. The maximum Gasteiger partial charge on any atom is 0.405 e. The zero-order valence-electron chi connectivity index (χ0n) is 20.2. The normalized spacial score (nSPS) is 18.8. The fraction of sp³-hybridized carbons (Fsp3) is 0.318. The quantitative estimate of drug-likeness (QED) is 0.0965. The fourth-order valence-electron chi connectivity index (χ4n) is 3.82. The number of β-lactam (4-membered cyclic amide) rings is 1. The Kier molecular flexibility index (Phi) is 8.79. The molecule has 2 aromatic heterocycles. The van der Waals surface area contributed by atoms with Crippen LogP contribution in [0.4, 0.5) is 4.79 Å². The Bertz CT molecular complexity index is 1360. The van der Waals surface area contributed by atoms with E-state index in [1.165, 1.54) is 36.3 Å². The molecule has 14 nitrogen and oxygen atoms in total. The number of fused-ring (bicyclic) bond motifs is 1. The molecule has 39 heavy (non-hydrogen) atoms. The molecule has 3 atom stereocenters. The molecule has 0 radical (unpaired) electrons. The standard InChI is InChI=1S/C22H21N7O7S3/c1-36-14-5-4-13(27-29(14)35)38-9-11-10-39-20-16(19(31)28(20)17(11)21(32)33)25-18(30)15(12-3-2-8-37-12)26-22(34)24-7-6-23/h2-5,8,15-16,20H,7,9-10H2,1H3,(H,25,30)(H,32,33)(H2,24,26,34)/t15?,16-,20?/m1/s1. The fourth-order valence-corrected chi connectivity index (χ4v) is 6.92. The molecule has 0 bridgehead atoms. The third-order valence-electron chi connectivity index (χ3n) is 5.59. The molecule has 0 aliphatic carbocycles. The third kappa shape index (κ3) is 6.02. The van der Waals surface area contributed by atoms with Crippen molar-refractivity contribution in [1.82, 2.24) is 25.9 Å². The smallest absolute Gasteiger partial charge is 0.405 e. The Labute approximate surface area is 234 Å². The van der Waals surface area contributed by atoms with Crippen molar-refractivity contribution in [3.8, 4) is 11.9 Å². The average Bonchev–Trinajstić information content (AvgIpc) is 3.46. The molecule has 2 aromatic rings. The van der Waals surface area contributed by atoms with Gasteiger partial charge in [0.15, 0.2) is 5.03 Å². The third-order valence-corrected chi connectivity index (χ3v) is 8.87. The van der Waals surface area contributed by atoms with Crippen LogP contribution in [0.5, 0.6) is 5.88 Å². The number of ether oxygens (including phenoxy) is 1. The number of rotatable bonds is 10. The molecule has 1 saturated heterocycles. The highest BCUT2D eigenvalue weighted by molar-refractivity contribution is 8.01. The molecule has 2 unspecified atom stereocenters. The Morgan fingerprint density at radius 2 is 2.21 bits per heavy atom. The van der Waals surface area contributed by atoms with E-state index < -0.39 is 41.3 Å². The molecular formula is C22H21N7O7S3. The lowest BCUT2D eigenvalue weighted by atomic mass is 10.0. The highest BCUT2D eigenvalue weighted by Gasteiger charge is 2.54. The number of methoxy groups -OCH3 is 1. The van der Waals surface area contributed by atoms with Gasteiger partial charge in [0.1, 0.15) is 29.7 Å². The zero-order chi connectivity index (χ0) is 28.1. The first-order valence-electron chi connectivity index (χ1n) is 11.2. The van der Waals surface area contributed by atoms with Gasteiger partial charge in [-0.05, 0) is 27.9 Å². The van der Waals surface area contributed by atoms with Gasteiger partial charge in [-0.15, -0.1) is 23.1 Å². The number of amides is 4. The van der Waals surface area contributed by atoms with Crippen molar-refractivity contribution in [2.45, 2.75) is 22.5 Å². The van der Waals surface area contributed by atoms with Gasteiger partial charge in [0.25, 0.3) is 5.91 Å². The van der Waals surface area contributed by atoms with Crippen LogP contribution in [-0.4, -0.2) is 75.5 Å².